The smallest absolute Gasteiger partial charge is 0.371 e. The standard InChI is InChI=1S/C11H10O4/c1-7-4-2-3-5-8(7)9(12)6-10(13)11(14)15/h2-6,13H,1H3,(H,14,15)/b10-6+. The first-order valence-corrected chi connectivity index (χ1v) is 4.26. The normalized spacial score (nSPS) is 11.1. The molecule has 15 heavy (non-hydrogen) atoms. The van der Waals surface area contributed by atoms with E-state index >= 15 is 0 Å². The maximum Gasteiger partial charge on any atom is 0.371 e. The molecule has 78 valence electrons. The van der Waals surface area contributed by atoms with E-state index in [0.717, 1.165) is 5.56 Å². The van der Waals surface area contributed by atoms with Crippen molar-refractivity contribution in [1.29, 1.82) is 0 Å². The SMILES string of the molecule is Cc1ccccc1C(=O)/C=C(/O)C(=O)O. The van der Waals surface area contributed by atoms with Gasteiger partial charge in [-0.1, -0.05) is 24.3 Å². The fourth-order valence-corrected chi connectivity index (χ4v) is 1.11. The second-order valence-corrected chi connectivity index (χ2v) is 3.01. The molecular weight excluding hydrogens is 196 g/mol. The lowest BCUT2D eigenvalue weighted by Crippen LogP contribution is -2.04. The summed E-state index contributed by atoms with van der Waals surface area (Å²) in [7, 11) is 0. The highest BCUT2D eigenvalue weighted by atomic mass is 16.4. The van der Waals surface area contributed by atoms with Gasteiger partial charge in [0.1, 0.15) is 0 Å². The number of hydrogen-bond acceptors (Lipinski definition) is 3. The quantitative estimate of drug-likeness (QED) is 0.448. The molecule has 0 unspecified atom stereocenters. The van der Waals surface area contributed by atoms with Gasteiger partial charge in [0.25, 0.3) is 0 Å². The Morgan fingerprint density at radius 2 is 1.80 bits per heavy atom. The Morgan fingerprint density at radius 1 is 1.20 bits per heavy atom. The van der Waals surface area contributed by atoms with E-state index in [-0.39, 0.29) is 0 Å². The molecule has 0 amide bonds. The van der Waals surface area contributed by atoms with Crippen LogP contribution in [0.15, 0.2) is 36.1 Å². The molecule has 0 fully saturated rings. The van der Waals surface area contributed by atoms with Crippen molar-refractivity contribution in [3.8, 4) is 0 Å². The van der Waals surface area contributed by atoms with Crippen LogP contribution in [-0.2, 0) is 4.79 Å². The van der Waals surface area contributed by atoms with Gasteiger partial charge in [-0.05, 0) is 12.5 Å². The number of rotatable bonds is 3. The number of benzene rings is 1. The van der Waals surface area contributed by atoms with Crippen LogP contribution in [0.2, 0.25) is 0 Å². The van der Waals surface area contributed by atoms with E-state index in [1.165, 1.54) is 0 Å². The van der Waals surface area contributed by atoms with Crippen LogP contribution >= 0.6 is 0 Å². The molecule has 2 N–H and O–H groups in total. The maximum atomic E-state index is 11.5. The Bertz CT molecular complexity index is 432. The lowest BCUT2D eigenvalue weighted by atomic mass is 10.0. The van der Waals surface area contributed by atoms with E-state index in [4.69, 9.17) is 10.2 Å². The van der Waals surface area contributed by atoms with Gasteiger partial charge < -0.3 is 10.2 Å². The average Bonchev–Trinajstić information content (AvgIpc) is 2.18. The van der Waals surface area contributed by atoms with Crippen LogP contribution in [0.3, 0.4) is 0 Å². The summed E-state index contributed by atoms with van der Waals surface area (Å²) in [6, 6.07) is 6.75. The van der Waals surface area contributed by atoms with Crippen molar-refractivity contribution in [1.82, 2.24) is 0 Å². The number of carbonyl (C=O) groups is 2. The third kappa shape index (κ3) is 2.67. The van der Waals surface area contributed by atoms with E-state index in [9.17, 15) is 9.59 Å². The summed E-state index contributed by atoms with van der Waals surface area (Å²) in [6.45, 7) is 1.74. The first-order valence-electron chi connectivity index (χ1n) is 4.26. The van der Waals surface area contributed by atoms with E-state index in [1.54, 1.807) is 31.2 Å². The first-order chi connectivity index (χ1) is 7.02. The molecule has 1 aromatic rings. The summed E-state index contributed by atoms with van der Waals surface area (Å²) in [5.41, 5.74) is 1.11. The second-order valence-electron chi connectivity index (χ2n) is 3.01. The van der Waals surface area contributed by atoms with E-state index in [1.807, 2.05) is 0 Å². The zero-order valence-corrected chi connectivity index (χ0v) is 8.10. The number of allylic oxidation sites excluding steroid dienone is 1. The third-order valence-corrected chi connectivity index (χ3v) is 1.90. The van der Waals surface area contributed by atoms with E-state index < -0.39 is 17.5 Å². The van der Waals surface area contributed by atoms with Crippen molar-refractivity contribution in [3.05, 3.63) is 47.2 Å². The van der Waals surface area contributed by atoms with Gasteiger partial charge in [-0.25, -0.2) is 4.79 Å². The molecule has 0 saturated carbocycles. The molecule has 0 heterocycles. The minimum Gasteiger partial charge on any atom is -0.502 e. The number of aliphatic hydroxyl groups is 1. The lowest BCUT2D eigenvalue weighted by molar-refractivity contribution is -0.135. The predicted molar refractivity (Wildman–Crippen MR) is 53.9 cm³/mol. The van der Waals surface area contributed by atoms with Crippen molar-refractivity contribution in [3.63, 3.8) is 0 Å². The maximum absolute atomic E-state index is 11.5. The van der Waals surface area contributed by atoms with Crippen molar-refractivity contribution < 1.29 is 19.8 Å². The first kappa shape index (κ1) is 11.0. The molecule has 0 spiro atoms. The van der Waals surface area contributed by atoms with Gasteiger partial charge in [0.2, 0.25) is 5.76 Å². The number of aryl methyl sites for hydroxylation is 1. The van der Waals surface area contributed by atoms with Gasteiger partial charge in [0.15, 0.2) is 5.78 Å². The Morgan fingerprint density at radius 3 is 2.33 bits per heavy atom. The number of carboxylic acid groups (broad SMARTS) is 1. The third-order valence-electron chi connectivity index (χ3n) is 1.90. The summed E-state index contributed by atoms with van der Waals surface area (Å²) >= 11 is 0. The van der Waals surface area contributed by atoms with Crippen LogP contribution in [0.1, 0.15) is 15.9 Å². The highest BCUT2D eigenvalue weighted by molar-refractivity contribution is 6.08. The zero-order chi connectivity index (χ0) is 11.4. The van der Waals surface area contributed by atoms with Gasteiger partial charge >= 0.3 is 5.97 Å². The number of ketones is 1. The van der Waals surface area contributed by atoms with Crippen molar-refractivity contribution in [2.24, 2.45) is 0 Å². The van der Waals surface area contributed by atoms with Gasteiger partial charge in [-0.3, -0.25) is 4.79 Å². The monoisotopic (exact) mass is 206 g/mol. The number of carboxylic acids is 1. The summed E-state index contributed by atoms with van der Waals surface area (Å²) in [4.78, 5) is 21.8. The molecule has 4 heteroatoms. The van der Waals surface area contributed by atoms with E-state index in [0.29, 0.717) is 11.6 Å². The predicted octanol–water partition coefficient (Wildman–Crippen LogP) is 1.70. The highest BCUT2D eigenvalue weighted by Gasteiger charge is 2.10. The molecule has 4 nitrogen and oxygen atoms in total. The van der Waals surface area contributed by atoms with Crippen LogP contribution in [0.25, 0.3) is 0 Å². The molecule has 1 aromatic carbocycles. The van der Waals surface area contributed by atoms with Crippen molar-refractivity contribution in [2.45, 2.75) is 6.92 Å². The van der Waals surface area contributed by atoms with Crippen LogP contribution < -0.4 is 0 Å². The minimum atomic E-state index is -1.52. The molecule has 0 radical (unpaired) electrons. The Kier molecular flexibility index (Phi) is 3.23. The van der Waals surface area contributed by atoms with Crippen LogP contribution in [0.4, 0.5) is 0 Å². The van der Waals surface area contributed by atoms with Gasteiger partial charge in [0.05, 0.1) is 0 Å². The molecule has 0 aromatic heterocycles. The topological polar surface area (TPSA) is 74.6 Å². The molecule has 0 atom stereocenters. The molecule has 0 aliphatic carbocycles. The summed E-state index contributed by atoms with van der Waals surface area (Å²) in [6.07, 6.45) is 0.699. The minimum absolute atomic E-state index is 0.380. The van der Waals surface area contributed by atoms with Gasteiger partial charge in [0, 0.05) is 11.6 Å². The van der Waals surface area contributed by atoms with Crippen LogP contribution in [-0.4, -0.2) is 22.0 Å². The van der Waals surface area contributed by atoms with Gasteiger partial charge in [-0.15, -0.1) is 0 Å². The zero-order valence-electron chi connectivity index (χ0n) is 8.10. The number of hydrogen-bond donors (Lipinski definition) is 2. The fraction of sp³-hybridized carbons (Fsp3) is 0.0909. The summed E-state index contributed by atoms with van der Waals surface area (Å²) in [5.74, 6) is -2.99. The van der Waals surface area contributed by atoms with Gasteiger partial charge in [-0.2, -0.15) is 0 Å². The summed E-state index contributed by atoms with van der Waals surface area (Å²) in [5, 5.41) is 17.3. The Labute approximate surface area is 86.5 Å². The molecule has 0 aliphatic heterocycles. The second kappa shape index (κ2) is 4.41. The average molecular weight is 206 g/mol. The largest absolute Gasteiger partial charge is 0.502 e. The molecule has 1 rings (SSSR count). The lowest BCUT2D eigenvalue weighted by Gasteiger charge is -2.00. The number of carbonyl (C=O) groups excluding carboxylic acids is 1. The molecule has 0 bridgehead atoms. The summed E-state index contributed by atoms with van der Waals surface area (Å²) < 4.78 is 0. The Balaban J connectivity index is 3.02. The van der Waals surface area contributed by atoms with Crippen molar-refractivity contribution >= 4 is 11.8 Å². The van der Waals surface area contributed by atoms with Crippen LogP contribution in [0.5, 0.6) is 0 Å². The van der Waals surface area contributed by atoms with E-state index in [2.05, 4.69) is 0 Å². The molecular formula is C11H10O4. The van der Waals surface area contributed by atoms with Crippen molar-refractivity contribution in [2.75, 3.05) is 0 Å². The number of aliphatic hydroxyl groups excluding tert-OH is 1. The van der Waals surface area contributed by atoms with Crippen LogP contribution in [0, 0.1) is 6.92 Å². The number of aliphatic carboxylic acids is 1. The highest BCUT2D eigenvalue weighted by Crippen LogP contribution is 2.09. The fourth-order valence-electron chi connectivity index (χ4n) is 1.11. The molecule has 0 aliphatic rings. The molecule has 0 saturated heterocycles. The Hall–Kier alpha value is -2.10.